The Bertz CT molecular complexity index is 1470. The van der Waals surface area contributed by atoms with Gasteiger partial charge in [0.05, 0.1) is 27.7 Å². The summed E-state index contributed by atoms with van der Waals surface area (Å²) in [6, 6.07) is 0. The molecule has 0 heterocycles. The van der Waals surface area contributed by atoms with E-state index in [-0.39, 0.29) is 32.0 Å². The van der Waals surface area contributed by atoms with E-state index in [4.69, 9.17) is 18.5 Å². The summed E-state index contributed by atoms with van der Waals surface area (Å²) in [6.07, 6.45) is 74.6. The summed E-state index contributed by atoms with van der Waals surface area (Å²) in [5.41, 5.74) is 0. The minimum atomic E-state index is -4.64. The zero-order valence-corrected chi connectivity index (χ0v) is 51.3. The van der Waals surface area contributed by atoms with Gasteiger partial charge in [0.2, 0.25) is 0 Å². The molecule has 76 heavy (non-hydrogen) atoms. The van der Waals surface area contributed by atoms with E-state index in [0.717, 1.165) is 77.0 Å². The van der Waals surface area contributed by atoms with Crippen molar-refractivity contribution in [2.24, 2.45) is 0 Å². The van der Waals surface area contributed by atoms with Crippen molar-refractivity contribution in [2.75, 3.05) is 47.5 Å². The fourth-order valence-corrected chi connectivity index (χ4v) is 9.84. The normalized spacial score (nSPS) is 13.6. The fraction of sp³-hybridized carbons (Fsp3) is 0.818. The van der Waals surface area contributed by atoms with Gasteiger partial charge in [-0.05, 0) is 77.0 Å². The number of carbonyl (C=O) groups is 2. The molecule has 0 N–H and O–H groups in total. The van der Waals surface area contributed by atoms with Gasteiger partial charge in [0, 0.05) is 12.8 Å². The average Bonchev–Trinajstić information content (AvgIpc) is 3.38. The molecule has 2 atom stereocenters. The number of rotatable bonds is 59. The molecule has 0 aromatic rings. The van der Waals surface area contributed by atoms with Gasteiger partial charge >= 0.3 is 11.9 Å². The molecular weight excluding hydrogens is 966 g/mol. The maximum absolute atomic E-state index is 12.8. The molecule has 0 bridgehead atoms. The maximum atomic E-state index is 12.8. The van der Waals surface area contributed by atoms with Crippen molar-refractivity contribution in [1.29, 1.82) is 0 Å². The first-order valence-corrected chi connectivity index (χ1v) is 33.5. The number of unbranched alkanes of at least 4 members (excludes halogenated alkanes) is 35. The van der Waals surface area contributed by atoms with E-state index < -0.39 is 26.5 Å². The molecule has 0 saturated carbocycles. The van der Waals surface area contributed by atoms with Crippen molar-refractivity contribution in [3.05, 3.63) is 60.8 Å². The molecule has 0 amide bonds. The van der Waals surface area contributed by atoms with Crippen LogP contribution in [0, 0.1) is 0 Å². The summed E-state index contributed by atoms with van der Waals surface area (Å²) in [4.78, 5) is 37.8. The molecule has 0 radical (unpaired) electrons. The second-order valence-electron chi connectivity index (χ2n) is 22.7. The molecule has 0 spiro atoms. The lowest BCUT2D eigenvalue weighted by Gasteiger charge is -2.28. The van der Waals surface area contributed by atoms with E-state index in [1.54, 1.807) is 0 Å². The predicted octanol–water partition coefficient (Wildman–Crippen LogP) is 19.6. The monoisotopic (exact) mass is 1090 g/mol. The van der Waals surface area contributed by atoms with Crippen LogP contribution in [0.1, 0.15) is 296 Å². The van der Waals surface area contributed by atoms with Gasteiger partial charge in [0.25, 0.3) is 7.82 Å². The van der Waals surface area contributed by atoms with Gasteiger partial charge in [-0.1, -0.05) is 267 Å². The van der Waals surface area contributed by atoms with Crippen LogP contribution in [0.5, 0.6) is 0 Å². The van der Waals surface area contributed by atoms with Crippen LogP contribution in [0.15, 0.2) is 60.8 Å². The summed E-state index contributed by atoms with van der Waals surface area (Å²) >= 11 is 0. The van der Waals surface area contributed by atoms with Crippen LogP contribution in [0.2, 0.25) is 0 Å². The molecule has 0 aromatic carbocycles. The smallest absolute Gasteiger partial charge is 0.306 e. The van der Waals surface area contributed by atoms with Crippen LogP contribution in [-0.4, -0.2) is 70.0 Å². The first-order valence-electron chi connectivity index (χ1n) is 32.0. The van der Waals surface area contributed by atoms with Gasteiger partial charge in [0.15, 0.2) is 6.10 Å². The Morgan fingerprint density at radius 2 is 0.750 bits per heavy atom. The summed E-state index contributed by atoms with van der Waals surface area (Å²) in [7, 11) is 1.16. The van der Waals surface area contributed by atoms with Gasteiger partial charge < -0.3 is 27.9 Å². The topological polar surface area (TPSA) is 111 Å². The lowest BCUT2D eigenvalue weighted by Crippen LogP contribution is -2.37. The Hall–Kier alpha value is -2.29. The molecule has 0 aliphatic carbocycles. The van der Waals surface area contributed by atoms with Crippen LogP contribution < -0.4 is 4.89 Å². The van der Waals surface area contributed by atoms with Crippen LogP contribution >= 0.6 is 7.82 Å². The highest BCUT2D eigenvalue weighted by Crippen LogP contribution is 2.38. The van der Waals surface area contributed by atoms with E-state index in [9.17, 15) is 19.0 Å². The summed E-state index contributed by atoms with van der Waals surface area (Å²) in [5, 5.41) is 0. The summed E-state index contributed by atoms with van der Waals surface area (Å²) in [6.45, 7) is 4.12. The zero-order chi connectivity index (χ0) is 55.6. The van der Waals surface area contributed by atoms with Gasteiger partial charge in [0.1, 0.15) is 19.8 Å². The highest BCUT2D eigenvalue weighted by atomic mass is 31.2. The van der Waals surface area contributed by atoms with Crippen molar-refractivity contribution in [1.82, 2.24) is 0 Å². The minimum absolute atomic E-state index is 0.0347. The standard InChI is InChI=1S/C66H122NO8P/c1-6-8-10-12-14-16-18-20-22-23-24-25-26-27-28-29-30-31-32-33-34-35-36-37-38-39-40-41-42-43-45-46-48-50-52-54-56-58-65(68)72-62-64(63-74-76(70,71)73-61-60-67(3,4)5)75-66(69)59-57-55-53-51-49-47-44-21-19-17-15-13-11-9-7-2/h9,11,15,17-18,20-21,23-24,44,64H,6-8,10,12-14,16,19,22,25-43,45-63H2,1-5H3/b11-9-,17-15-,20-18-,24-23-,44-21-. The Balaban J connectivity index is 3.91. The number of allylic oxidation sites excluding steroid dienone is 10. The van der Waals surface area contributed by atoms with Crippen LogP contribution in [-0.2, 0) is 32.7 Å². The minimum Gasteiger partial charge on any atom is -0.756 e. The fourth-order valence-electron chi connectivity index (χ4n) is 9.12. The molecule has 0 aliphatic heterocycles. The van der Waals surface area contributed by atoms with E-state index in [2.05, 4.69) is 74.6 Å². The van der Waals surface area contributed by atoms with E-state index >= 15 is 0 Å². The van der Waals surface area contributed by atoms with Gasteiger partial charge in [-0.2, -0.15) is 0 Å². The van der Waals surface area contributed by atoms with Crippen LogP contribution in [0.25, 0.3) is 0 Å². The summed E-state index contributed by atoms with van der Waals surface area (Å²) in [5.74, 6) is -0.844. The molecule has 0 saturated heterocycles. The third-order valence-electron chi connectivity index (χ3n) is 14.0. The highest BCUT2D eigenvalue weighted by molar-refractivity contribution is 7.45. The molecular formula is C66H122NO8P. The number of ether oxygens (including phenoxy) is 2. The van der Waals surface area contributed by atoms with E-state index in [1.807, 2.05) is 21.1 Å². The first-order chi connectivity index (χ1) is 37.0. The van der Waals surface area contributed by atoms with Crippen LogP contribution in [0.4, 0.5) is 0 Å². The van der Waals surface area contributed by atoms with Crippen molar-refractivity contribution in [2.45, 2.75) is 302 Å². The second kappa shape index (κ2) is 57.4. The first kappa shape index (κ1) is 73.7. The van der Waals surface area contributed by atoms with Gasteiger partial charge in [-0.3, -0.25) is 14.2 Å². The SMILES string of the molecule is CC/C=C\C/C=C\C/C=C\CCCCCCCC(=O)OC(COC(=O)CCCCCCCCCCCCCCCCCCCCCCCCCCC/C=C\C/C=C\CCCCCCC)COP(=O)([O-])OCC[N+](C)(C)C. The van der Waals surface area contributed by atoms with Crippen molar-refractivity contribution >= 4 is 19.8 Å². The largest absolute Gasteiger partial charge is 0.756 e. The molecule has 0 rings (SSSR count). The Kier molecular flexibility index (Phi) is 55.7. The van der Waals surface area contributed by atoms with Crippen molar-refractivity contribution in [3.63, 3.8) is 0 Å². The quantitative estimate of drug-likeness (QED) is 0.0195. The number of phosphoric ester groups is 1. The van der Waals surface area contributed by atoms with Gasteiger partial charge in [-0.25, -0.2) is 0 Å². The number of phosphoric acid groups is 1. The molecule has 0 fully saturated rings. The second-order valence-corrected chi connectivity index (χ2v) is 24.2. The maximum Gasteiger partial charge on any atom is 0.306 e. The third-order valence-corrected chi connectivity index (χ3v) is 15.0. The van der Waals surface area contributed by atoms with Crippen molar-refractivity contribution < 1.29 is 42.1 Å². The lowest BCUT2D eigenvalue weighted by atomic mass is 10.0. The molecule has 444 valence electrons. The molecule has 0 aromatic heterocycles. The number of nitrogens with zero attached hydrogens (tertiary/aromatic N) is 1. The highest BCUT2D eigenvalue weighted by Gasteiger charge is 2.22. The lowest BCUT2D eigenvalue weighted by molar-refractivity contribution is -0.870. The predicted molar refractivity (Wildman–Crippen MR) is 323 cm³/mol. The number of likely N-dealkylation sites (N-methyl/N-ethyl adjacent to an activating group) is 1. The molecule has 10 heteroatoms. The molecule has 0 aliphatic rings. The number of quaternary nitrogens is 1. The number of carbonyl (C=O) groups excluding carboxylic acids is 2. The Morgan fingerprint density at radius 3 is 1.12 bits per heavy atom. The Labute approximate surface area is 470 Å². The van der Waals surface area contributed by atoms with Crippen molar-refractivity contribution in [3.8, 4) is 0 Å². The zero-order valence-electron chi connectivity index (χ0n) is 50.5. The van der Waals surface area contributed by atoms with Gasteiger partial charge in [-0.15, -0.1) is 0 Å². The number of esters is 2. The Morgan fingerprint density at radius 1 is 0.421 bits per heavy atom. The third kappa shape index (κ3) is 60.9. The molecule has 9 nitrogen and oxygen atoms in total. The van der Waals surface area contributed by atoms with Crippen LogP contribution in [0.3, 0.4) is 0 Å². The number of hydrogen-bond acceptors (Lipinski definition) is 8. The van der Waals surface area contributed by atoms with E-state index in [1.165, 1.54) is 186 Å². The summed E-state index contributed by atoms with van der Waals surface area (Å²) < 4.78 is 34.1. The average molecular weight is 1090 g/mol. The molecule has 2 unspecified atom stereocenters. The van der Waals surface area contributed by atoms with E-state index in [0.29, 0.717) is 17.4 Å². The number of hydrogen-bond donors (Lipinski definition) is 0.